The average molecular weight is 538 g/mol. The number of rotatable bonds is 8. The van der Waals surface area contributed by atoms with Crippen LogP contribution < -0.4 is 14.8 Å². The molecular formula is C23H18F4N4O5S. The monoisotopic (exact) mass is 538 g/mol. The number of nitrogens with one attached hydrogen (secondary N) is 2. The fourth-order valence-electron chi connectivity index (χ4n) is 3.28. The minimum Gasteiger partial charge on any atom is -0.443 e. The largest absolute Gasteiger partial charge is 0.573 e. The molecule has 194 valence electrons. The summed E-state index contributed by atoms with van der Waals surface area (Å²) in [6.07, 6.45) is -3.59. The molecule has 0 radical (unpaired) electrons. The zero-order valence-electron chi connectivity index (χ0n) is 18.9. The van der Waals surface area contributed by atoms with Crippen molar-refractivity contribution in [3.63, 3.8) is 0 Å². The summed E-state index contributed by atoms with van der Waals surface area (Å²) in [5, 5.41) is 2.32. The number of carbonyl (C=O) groups excluding carboxylic acids is 1. The van der Waals surface area contributed by atoms with E-state index in [1.54, 1.807) is 0 Å². The topological polar surface area (TPSA) is 123 Å². The number of sulfonamides is 1. The van der Waals surface area contributed by atoms with Gasteiger partial charge in [-0.2, -0.15) is 4.72 Å². The van der Waals surface area contributed by atoms with Crippen molar-refractivity contribution in [3.8, 4) is 17.0 Å². The fourth-order valence-corrected chi connectivity index (χ4v) is 4.45. The highest BCUT2D eigenvalue weighted by Crippen LogP contribution is 2.26. The molecule has 0 fully saturated rings. The van der Waals surface area contributed by atoms with Crippen LogP contribution in [-0.4, -0.2) is 36.7 Å². The first-order chi connectivity index (χ1) is 17.4. The van der Waals surface area contributed by atoms with Crippen molar-refractivity contribution in [3.05, 3.63) is 72.4 Å². The summed E-state index contributed by atoms with van der Waals surface area (Å²) in [5.74, 6) is -1.61. The fraction of sp³-hybridized carbons (Fsp3) is 0.174. The van der Waals surface area contributed by atoms with Crippen molar-refractivity contribution in [2.45, 2.75) is 31.0 Å². The second kappa shape index (κ2) is 10.1. The molecule has 0 saturated heterocycles. The summed E-state index contributed by atoms with van der Waals surface area (Å²) in [6.45, 7) is 1.24. The highest BCUT2D eigenvalue weighted by atomic mass is 32.2. The highest BCUT2D eigenvalue weighted by molar-refractivity contribution is 7.89. The standard InChI is InChI=1S/C23H18F4N4O5S/c1-13(31-37(33,34)21-9-15-8-16(24)4-7-20(15)35-21)22(32)28-11-17-10-19(30-12-29-17)14-2-5-18(6-3-14)36-23(25,26)27/h2-10,12-13,31H,11H2,1H3,(H,28,32). The first-order valence-corrected chi connectivity index (χ1v) is 12.0. The number of furan rings is 1. The minimum atomic E-state index is -4.81. The van der Waals surface area contributed by atoms with Gasteiger partial charge in [-0.15, -0.1) is 13.2 Å². The van der Waals surface area contributed by atoms with Gasteiger partial charge in [0.2, 0.25) is 11.0 Å². The molecule has 4 rings (SSSR count). The molecule has 0 aliphatic rings. The van der Waals surface area contributed by atoms with Gasteiger partial charge in [-0.3, -0.25) is 4.79 Å². The Kier molecular flexibility index (Phi) is 7.14. The maximum absolute atomic E-state index is 13.4. The van der Waals surface area contributed by atoms with Gasteiger partial charge in [-0.1, -0.05) is 0 Å². The minimum absolute atomic E-state index is 0.0837. The molecule has 1 atom stereocenters. The van der Waals surface area contributed by atoms with Gasteiger partial charge in [0.05, 0.1) is 24.0 Å². The van der Waals surface area contributed by atoms with E-state index in [0.717, 1.165) is 30.3 Å². The summed E-state index contributed by atoms with van der Waals surface area (Å²) in [4.78, 5) is 20.6. The number of amides is 1. The SMILES string of the molecule is CC(NS(=O)(=O)c1cc2cc(F)ccc2o1)C(=O)NCc1cc(-c2ccc(OC(F)(F)F)cc2)ncn1. The third kappa shape index (κ3) is 6.59. The van der Waals surface area contributed by atoms with Gasteiger partial charge in [0.1, 0.15) is 23.5 Å². The molecule has 4 aromatic rings. The third-order valence-corrected chi connectivity index (χ3v) is 6.39. The lowest BCUT2D eigenvalue weighted by atomic mass is 10.1. The molecule has 1 amide bonds. The summed E-state index contributed by atoms with van der Waals surface area (Å²) in [7, 11) is -4.23. The van der Waals surface area contributed by atoms with Crippen molar-refractivity contribution in [1.82, 2.24) is 20.0 Å². The Hall–Kier alpha value is -4.04. The number of alkyl halides is 3. The quantitative estimate of drug-likeness (QED) is 0.326. The molecule has 37 heavy (non-hydrogen) atoms. The van der Waals surface area contributed by atoms with Gasteiger partial charge in [0.25, 0.3) is 10.0 Å². The smallest absolute Gasteiger partial charge is 0.443 e. The van der Waals surface area contributed by atoms with E-state index in [1.807, 2.05) is 0 Å². The first-order valence-electron chi connectivity index (χ1n) is 10.6. The van der Waals surface area contributed by atoms with E-state index < -0.39 is 39.2 Å². The van der Waals surface area contributed by atoms with Gasteiger partial charge in [0.15, 0.2) is 0 Å². The van der Waals surface area contributed by atoms with Crippen molar-refractivity contribution < 1.29 is 39.9 Å². The third-order valence-electron chi connectivity index (χ3n) is 5.00. The highest BCUT2D eigenvalue weighted by Gasteiger charge is 2.31. The molecule has 14 heteroatoms. The van der Waals surface area contributed by atoms with Crippen LogP contribution in [0, 0.1) is 5.82 Å². The summed E-state index contributed by atoms with van der Waals surface area (Å²) < 4.78 is 86.8. The van der Waals surface area contributed by atoms with Gasteiger partial charge in [-0.25, -0.2) is 22.8 Å². The second-order valence-corrected chi connectivity index (χ2v) is 9.42. The van der Waals surface area contributed by atoms with Crippen LogP contribution in [0.25, 0.3) is 22.2 Å². The van der Waals surface area contributed by atoms with E-state index in [2.05, 4.69) is 24.7 Å². The lowest BCUT2D eigenvalue weighted by Crippen LogP contribution is -2.44. The summed E-state index contributed by atoms with van der Waals surface area (Å²) in [6, 6.07) is 10.0. The predicted molar refractivity (Wildman–Crippen MR) is 122 cm³/mol. The normalized spacial score (nSPS) is 12.9. The molecule has 0 aliphatic carbocycles. The molecule has 0 saturated carbocycles. The second-order valence-electron chi connectivity index (χ2n) is 7.78. The van der Waals surface area contributed by atoms with E-state index in [-0.39, 0.29) is 23.3 Å². The first kappa shape index (κ1) is 26.0. The van der Waals surface area contributed by atoms with E-state index in [1.165, 1.54) is 37.5 Å². The molecule has 2 heterocycles. The Morgan fingerprint density at radius 1 is 1.08 bits per heavy atom. The lowest BCUT2D eigenvalue weighted by Gasteiger charge is -2.13. The van der Waals surface area contributed by atoms with Crippen LogP contribution in [0.15, 0.2) is 70.4 Å². The average Bonchev–Trinajstić information content (AvgIpc) is 3.26. The number of halogens is 4. The number of benzene rings is 2. The number of hydrogen-bond donors (Lipinski definition) is 2. The van der Waals surface area contributed by atoms with Gasteiger partial charge < -0.3 is 14.5 Å². The zero-order valence-corrected chi connectivity index (χ0v) is 19.7. The van der Waals surface area contributed by atoms with E-state index in [9.17, 15) is 30.8 Å². The van der Waals surface area contributed by atoms with Crippen LogP contribution >= 0.6 is 0 Å². The number of nitrogens with zero attached hydrogens (tertiary/aromatic N) is 2. The van der Waals surface area contributed by atoms with E-state index >= 15 is 0 Å². The van der Waals surface area contributed by atoms with Crippen LogP contribution in [0.4, 0.5) is 17.6 Å². The number of carbonyl (C=O) groups is 1. The number of hydrogen-bond acceptors (Lipinski definition) is 7. The van der Waals surface area contributed by atoms with E-state index in [4.69, 9.17) is 4.42 Å². The number of fused-ring (bicyclic) bond motifs is 1. The van der Waals surface area contributed by atoms with Crippen molar-refractivity contribution in [1.29, 1.82) is 0 Å². The Bertz CT molecular complexity index is 1540. The number of ether oxygens (including phenoxy) is 1. The van der Waals surface area contributed by atoms with Crippen molar-refractivity contribution in [2.24, 2.45) is 0 Å². The predicted octanol–water partition coefficient (Wildman–Crippen LogP) is 3.91. The summed E-state index contributed by atoms with van der Waals surface area (Å²) in [5.41, 5.74) is 1.40. The molecule has 0 aliphatic heterocycles. The zero-order chi connectivity index (χ0) is 26.8. The van der Waals surface area contributed by atoms with Crippen LogP contribution in [-0.2, 0) is 21.4 Å². The van der Waals surface area contributed by atoms with Crippen molar-refractivity contribution >= 4 is 26.9 Å². The molecule has 9 nitrogen and oxygen atoms in total. The van der Waals surface area contributed by atoms with Gasteiger partial charge in [-0.05, 0) is 55.5 Å². The Balaban J connectivity index is 1.37. The molecule has 0 bridgehead atoms. The molecule has 2 N–H and O–H groups in total. The molecule has 2 aromatic heterocycles. The van der Waals surface area contributed by atoms with Gasteiger partial charge in [0, 0.05) is 17.0 Å². The van der Waals surface area contributed by atoms with Gasteiger partial charge >= 0.3 is 6.36 Å². The molecule has 2 aromatic carbocycles. The number of aromatic nitrogens is 2. The van der Waals surface area contributed by atoms with E-state index in [0.29, 0.717) is 17.0 Å². The lowest BCUT2D eigenvalue weighted by molar-refractivity contribution is -0.274. The summed E-state index contributed by atoms with van der Waals surface area (Å²) >= 11 is 0. The van der Waals surface area contributed by atoms with Crippen molar-refractivity contribution in [2.75, 3.05) is 0 Å². The Morgan fingerprint density at radius 2 is 1.81 bits per heavy atom. The molecule has 0 spiro atoms. The Morgan fingerprint density at radius 3 is 2.51 bits per heavy atom. The van der Waals surface area contributed by atoms with Crippen LogP contribution in [0.5, 0.6) is 5.75 Å². The maximum Gasteiger partial charge on any atom is 0.573 e. The Labute approximate surface area is 207 Å². The maximum atomic E-state index is 13.4. The van der Waals surface area contributed by atoms with Crippen LogP contribution in [0.1, 0.15) is 12.6 Å². The van der Waals surface area contributed by atoms with Crippen LogP contribution in [0.3, 0.4) is 0 Å². The molecular weight excluding hydrogens is 520 g/mol. The molecule has 1 unspecified atom stereocenters. The van der Waals surface area contributed by atoms with Crippen LogP contribution in [0.2, 0.25) is 0 Å².